The van der Waals surface area contributed by atoms with Crippen molar-refractivity contribution >= 4 is 0 Å². The van der Waals surface area contributed by atoms with Crippen molar-refractivity contribution in [2.75, 3.05) is 6.61 Å². The molecular formula is C12H16F2N2O. The first-order chi connectivity index (χ1) is 8.22. The van der Waals surface area contributed by atoms with E-state index in [4.69, 9.17) is 10.6 Å². The Bertz CT molecular complexity index is 373. The van der Waals surface area contributed by atoms with Crippen molar-refractivity contribution in [2.45, 2.75) is 31.4 Å². The molecule has 0 saturated heterocycles. The van der Waals surface area contributed by atoms with Gasteiger partial charge in [-0.25, -0.2) is 8.78 Å². The predicted molar refractivity (Wildman–Crippen MR) is 60.6 cm³/mol. The zero-order chi connectivity index (χ0) is 12.3. The molecule has 0 aromatic heterocycles. The summed E-state index contributed by atoms with van der Waals surface area (Å²) in [6.07, 6.45) is -1.76. The minimum Gasteiger partial charge on any atom is -0.373 e. The maximum Gasteiger partial charge on any atom is 0.255 e. The SMILES string of the molecule is NNC(CC1OCCc2ccccc21)C(F)F. The Morgan fingerprint density at radius 1 is 1.41 bits per heavy atom. The van der Waals surface area contributed by atoms with Crippen LogP contribution in [-0.2, 0) is 11.2 Å². The van der Waals surface area contributed by atoms with Gasteiger partial charge in [0.15, 0.2) is 0 Å². The summed E-state index contributed by atoms with van der Waals surface area (Å²) >= 11 is 0. The summed E-state index contributed by atoms with van der Waals surface area (Å²) in [5.41, 5.74) is 4.32. The van der Waals surface area contributed by atoms with Crippen LogP contribution in [-0.4, -0.2) is 19.1 Å². The molecule has 17 heavy (non-hydrogen) atoms. The van der Waals surface area contributed by atoms with Crippen LogP contribution in [0.3, 0.4) is 0 Å². The number of ether oxygens (including phenoxy) is 1. The Labute approximate surface area is 98.9 Å². The molecule has 2 atom stereocenters. The summed E-state index contributed by atoms with van der Waals surface area (Å²) in [6.45, 7) is 0.572. The van der Waals surface area contributed by atoms with E-state index in [0.717, 1.165) is 12.0 Å². The number of halogens is 2. The van der Waals surface area contributed by atoms with Gasteiger partial charge in [-0.15, -0.1) is 0 Å². The van der Waals surface area contributed by atoms with Gasteiger partial charge in [0, 0.05) is 0 Å². The lowest BCUT2D eigenvalue weighted by atomic mass is 9.94. The fourth-order valence-electron chi connectivity index (χ4n) is 2.15. The van der Waals surface area contributed by atoms with Gasteiger partial charge in [-0.05, 0) is 24.0 Å². The van der Waals surface area contributed by atoms with Crippen molar-refractivity contribution in [1.29, 1.82) is 0 Å². The van der Waals surface area contributed by atoms with Crippen LogP contribution in [0.2, 0.25) is 0 Å². The monoisotopic (exact) mass is 242 g/mol. The third kappa shape index (κ3) is 2.80. The highest BCUT2D eigenvalue weighted by molar-refractivity contribution is 5.31. The lowest BCUT2D eigenvalue weighted by Crippen LogP contribution is -2.42. The summed E-state index contributed by atoms with van der Waals surface area (Å²) in [5.74, 6) is 5.13. The summed E-state index contributed by atoms with van der Waals surface area (Å²) in [6, 6.07) is 6.75. The normalized spacial score (nSPS) is 21.3. The van der Waals surface area contributed by atoms with Crippen LogP contribution in [0.5, 0.6) is 0 Å². The second kappa shape index (κ2) is 5.53. The van der Waals surface area contributed by atoms with Crippen LogP contribution in [0.25, 0.3) is 0 Å². The molecule has 0 saturated carbocycles. The zero-order valence-electron chi connectivity index (χ0n) is 9.40. The van der Waals surface area contributed by atoms with Gasteiger partial charge in [-0.1, -0.05) is 24.3 Å². The first-order valence-corrected chi connectivity index (χ1v) is 5.66. The Morgan fingerprint density at radius 2 is 2.18 bits per heavy atom. The van der Waals surface area contributed by atoms with E-state index in [1.807, 2.05) is 24.3 Å². The average molecular weight is 242 g/mol. The van der Waals surface area contributed by atoms with Gasteiger partial charge in [-0.3, -0.25) is 11.3 Å². The minimum atomic E-state index is -2.49. The standard InChI is InChI=1S/C12H16F2N2O/c13-12(14)10(16-15)7-11-9-4-2-1-3-8(9)5-6-17-11/h1-4,10-12,16H,5-7,15H2. The topological polar surface area (TPSA) is 47.3 Å². The van der Waals surface area contributed by atoms with Crippen molar-refractivity contribution < 1.29 is 13.5 Å². The number of hydrazine groups is 1. The Balaban J connectivity index is 2.13. The molecule has 1 aromatic carbocycles. The van der Waals surface area contributed by atoms with Crippen LogP contribution in [0, 0.1) is 0 Å². The molecule has 2 unspecified atom stereocenters. The maximum absolute atomic E-state index is 12.6. The van der Waals surface area contributed by atoms with E-state index in [9.17, 15) is 8.78 Å². The summed E-state index contributed by atoms with van der Waals surface area (Å²) in [7, 11) is 0. The molecule has 3 N–H and O–H groups in total. The lowest BCUT2D eigenvalue weighted by molar-refractivity contribution is 0.00502. The van der Waals surface area contributed by atoms with E-state index in [-0.39, 0.29) is 12.5 Å². The summed E-state index contributed by atoms with van der Waals surface area (Å²) in [4.78, 5) is 0. The summed E-state index contributed by atoms with van der Waals surface area (Å²) in [5, 5.41) is 0. The molecule has 5 heteroatoms. The molecule has 0 aliphatic carbocycles. The number of alkyl halides is 2. The Hall–Kier alpha value is -1.04. The molecule has 1 aliphatic rings. The molecule has 1 heterocycles. The third-order valence-corrected chi connectivity index (χ3v) is 3.08. The Morgan fingerprint density at radius 3 is 2.88 bits per heavy atom. The minimum absolute atomic E-state index is 0.186. The van der Waals surface area contributed by atoms with Gasteiger partial charge in [0.25, 0.3) is 6.43 Å². The van der Waals surface area contributed by atoms with Crippen LogP contribution in [0.1, 0.15) is 23.7 Å². The number of hydrogen-bond acceptors (Lipinski definition) is 3. The number of fused-ring (bicyclic) bond motifs is 1. The lowest BCUT2D eigenvalue weighted by Gasteiger charge is -2.28. The molecule has 1 aliphatic heterocycles. The van der Waals surface area contributed by atoms with Crippen molar-refractivity contribution in [3.05, 3.63) is 35.4 Å². The fraction of sp³-hybridized carbons (Fsp3) is 0.500. The van der Waals surface area contributed by atoms with Crippen LogP contribution >= 0.6 is 0 Å². The largest absolute Gasteiger partial charge is 0.373 e. The first-order valence-electron chi connectivity index (χ1n) is 5.66. The van der Waals surface area contributed by atoms with Gasteiger partial charge in [0.05, 0.1) is 18.8 Å². The highest BCUT2D eigenvalue weighted by Crippen LogP contribution is 2.31. The molecule has 1 aromatic rings. The molecule has 3 nitrogen and oxygen atoms in total. The van der Waals surface area contributed by atoms with Gasteiger partial charge in [0.2, 0.25) is 0 Å². The van der Waals surface area contributed by atoms with E-state index in [1.54, 1.807) is 0 Å². The summed E-state index contributed by atoms with van der Waals surface area (Å²) < 4.78 is 30.8. The molecule has 0 bridgehead atoms. The van der Waals surface area contributed by atoms with E-state index >= 15 is 0 Å². The van der Waals surface area contributed by atoms with Crippen LogP contribution < -0.4 is 11.3 Å². The zero-order valence-corrected chi connectivity index (χ0v) is 9.40. The Kier molecular flexibility index (Phi) is 4.04. The number of benzene rings is 1. The number of nitrogens with one attached hydrogen (secondary N) is 1. The number of hydrogen-bond donors (Lipinski definition) is 2. The highest BCUT2D eigenvalue weighted by atomic mass is 19.3. The quantitative estimate of drug-likeness (QED) is 0.625. The van der Waals surface area contributed by atoms with E-state index in [2.05, 4.69) is 5.43 Å². The van der Waals surface area contributed by atoms with Crippen molar-refractivity contribution in [2.24, 2.45) is 5.84 Å². The van der Waals surface area contributed by atoms with Crippen molar-refractivity contribution in [3.63, 3.8) is 0 Å². The molecule has 0 spiro atoms. The highest BCUT2D eigenvalue weighted by Gasteiger charge is 2.27. The van der Waals surface area contributed by atoms with Crippen molar-refractivity contribution in [3.8, 4) is 0 Å². The molecule has 2 rings (SSSR count). The van der Waals surface area contributed by atoms with E-state index in [1.165, 1.54) is 5.56 Å². The van der Waals surface area contributed by atoms with E-state index < -0.39 is 12.5 Å². The number of rotatable bonds is 4. The average Bonchev–Trinajstić information content (AvgIpc) is 2.35. The van der Waals surface area contributed by atoms with Gasteiger partial charge in [0.1, 0.15) is 0 Å². The smallest absolute Gasteiger partial charge is 0.255 e. The molecule has 0 radical (unpaired) electrons. The molecule has 0 amide bonds. The fourth-order valence-corrected chi connectivity index (χ4v) is 2.15. The molecule has 94 valence electrons. The third-order valence-electron chi connectivity index (χ3n) is 3.08. The van der Waals surface area contributed by atoms with Crippen LogP contribution in [0.15, 0.2) is 24.3 Å². The molecular weight excluding hydrogens is 226 g/mol. The molecule has 0 fully saturated rings. The van der Waals surface area contributed by atoms with Crippen LogP contribution in [0.4, 0.5) is 8.78 Å². The number of nitrogens with two attached hydrogens (primary N) is 1. The predicted octanol–water partition coefficient (Wildman–Crippen LogP) is 1.79. The maximum atomic E-state index is 12.6. The first kappa shape index (κ1) is 12.4. The van der Waals surface area contributed by atoms with E-state index in [0.29, 0.717) is 6.61 Å². The van der Waals surface area contributed by atoms with Crippen molar-refractivity contribution in [1.82, 2.24) is 5.43 Å². The van der Waals surface area contributed by atoms with Gasteiger partial charge in [-0.2, -0.15) is 0 Å². The second-order valence-corrected chi connectivity index (χ2v) is 4.15. The van der Waals surface area contributed by atoms with Gasteiger partial charge >= 0.3 is 0 Å². The second-order valence-electron chi connectivity index (χ2n) is 4.15. The van der Waals surface area contributed by atoms with Gasteiger partial charge < -0.3 is 4.74 Å².